The molecule has 5 nitrogen and oxygen atoms in total. The van der Waals surface area contributed by atoms with Crippen molar-refractivity contribution >= 4 is 49.2 Å². The molecule has 0 bridgehead atoms. The summed E-state index contributed by atoms with van der Waals surface area (Å²) in [4.78, 5) is 13.4. The number of aromatic nitrogens is 2. The van der Waals surface area contributed by atoms with Crippen molar-refractivity contribution in [2.45, 2.75) is 0 Å². The number of nitrogens with two attached hydrogens (primary N) is 1. The first-order valence-electron chi connectivity index (χ1n) is 6.66. The minimum absolute atomic E-state index is 0.730. The molecule has 1 aliphatic heterocycles. The number of rotatable bonds is 2. The highest BCUT2D eigenvalue weighted by molar-refractivity contribution is 9.11. The van der Waals surface area contributed by atoms with Gasteiger partial charge in [0.2, 0.25) is 0 Å². The Morgan fingerprint density at radius 2 is 1.67 bits per heavy atom. The third-order valence-electron chi connectivity index (χ3n) is 3.48. The van der Waals surface area contributed by atoms with Crippen LogP contribution < -0.4 is 15.5 Å². The van der Waals surface area contributed by atoms with Gasteiger partial charge in [-0.25, -0.2) is 9.97 Å². The molecule has 110 valence electrons. The van der Waals surface area contributed by atoms with Gasteiger partial charge in [-0.2, -0.15) is 0 Å². The smallest absolute Gasteiger partial charge is 0.151 e. The van der Waals surface area contributed by atoms with E-state index in [1.165, 1.54) is 0 Å². The summed E-state index contributed by atoms with van der Waals surface area (Å²) in [6, 6.07) is 5.77. The van der Waals surface area contributed by atoms with E-state index in [0.717, 1.165) is 52.4 Å². The van der Waals surface area contributed by atoms with Gasteiger partial charge in [0.1, 0.15) is 5.82 Å². The second kappa shape index (κ2) is 6.19. The van der Waals surface area contributed by atoms with Crippen LogP contribution >= 0.6 is 31.9 Å². The molecule has 0 amide bonds. The van der Waals surface area contributed by atoms with Crippen LogP contribution in [-0.2, 0) is 0 Å². The molecule has 2 N–H and O–H groups in total. The Kier molecular flexibility index (Phi) is 4.30. The number of hydrogen-bond acceptors (Lipinski definition) is 5. The molecule has 1 aliphatic rings. The number of pyridine rings is 2. The predicted molar refractivity (Wildman–Crippen MR) is 92.7 cm³/mol. The summed E-state index contributed by atoms with van der Waals surface area (Å²) >= 11 is 7.00. The Balaban J connectivity index is 1.72. The summed E-state index contributed by atoms with van der Waals surface area (Å²) in [5, 5.41) is 0. The van der Waals surface area contributed by atoms with Crippen LogP contribution in [-0.4, -0.2) is 36.1 Å². The van der Waals surface area contributed by atoms with Gasteiger partial charge in [-0.3, -0.25) is 0 Å². The summed E-state index contributed by atoms with van der Waals surface area (Å²) < 4.78 is 1.97. The average molecular weight is 413 g/mol. The molecule has 0 spiro atoms. The van der Waals surface area contributed by atoms with Crippen molar-refractivity contribution in [2.24, 2.45) is 0 Å². The van der Waals surface area contributed by atoms with E-state index in [2.05, 4.69) is 51.6 Å². The second-order valence-electron chi connectivity index (χ2n) is 4.85. The number of halogens is 2. The molecular formula is C14H15Br2N5. The lowest BCUT2D eigenvalue weighted by molar-refractivity contribution is 0.641. The van der Waals surface area contributed by atoms with Crippen molar-refractivity contribution in [2.75, 3.05) is 41.7 Å². The van der Waals surface area contributed by atoms with Crippen LogP contribution in [0, 0.1) is 0 Å². The van der Waals surface area contributed by atoms with Crippen LogP contribution in [0.3, 0.4) is 0 Å². The molecule has 2 aromatic heterocycles. The third kappa shape index (κ3) is 3.13. The standard InChI is InChI=1S/C14H15Br2N5/c15-10-8-11(16)13(19-9-10)20-4-6-21(7-5-20)14-12(17)2-1-3-18-14/h1-3,8-9H,4-7,17H2. The van der Waals surface area contributed by atoms with Gasteiger partial charge in [-0.1, -0.05) is 0 Å². The fourth-order valence-electron chi connectivity index (χ4n) is 2.44. The Morgan fingerprint density at radius 3 is 2.29 bits per heavy atom. The van der Waals surface area contributed by atoms with Crippen LogP contribution in [0.2, 0.25) is 0 Å². The van der Waals surface area contributed by atoms with Gasteiger partial charge < -0.3 is 15.5 Å². The molecule has 0 atom stereocenters. The first-order valence-corrected chi connectivity index (χ1v) is 8.25. The fraction of sp³-hybridized carbons (Fsp3) is 0.286. The monoisotopic (exact) mass is 411 g/mol. The van der Waals surface area contributed by atoms with Crippen molar-refractivity contribution in [1.82, 2.24) is 9.97 Å². The molecule has 0 radical (unpaired) electrons. The Bertz CT molecular complexity index is 641. The maximum atomic E-state index is 6.00. The van der Waals surface area contributed by atoms with E-state index in [-0.39, 0.29) is 0 Å². The van der Waals surface area contributed by atoms with Gasteiger partial charge in [0, 0.05) is 43.0 Å². The zero-order valence-corrected chi connectivity index (χ0v) is 14.5. The molecule has 7 heteroatoms. The lowest BCUT2D eigenvalue weighted by Crippen LogP contribution is -2.47. The number of nitrogen functional groups attached to an aromatic ring is 1. The van der Waals surface area contributed by atoms with Crippen LogP contribution in [0.1, 0.15) is 0 Å². The Hall–Kier alpha value is -1.34. The second-order valence-corrected chi connectivity index (χ2v) is 6.62. The third-order valence-corrected chi connectivity index (χ3v) is 4.50. The van der Waals surface area contributed by atoms with Crippen molar-refractivity contribution in [3.8, 4) is 0 Å². The fourth-order valence-corrected chi connectivity index (χ4v) is 3.68. The predicted octanol–water partition coefficient (Wildman–Crippen LogP) is 2.91. The molecular weight excluding hydrogens is 398 g/mol. The Morgan fingerprint density at radius 1 is 1.00 bits per heavy atom. The van der Waals surface area contributed by atoms with E-state index in [9.17, 15) is 0 Å². The summed E-state index contributed by atoms with van der Waals surface area (Å²) in [6.45, 7) is 3.54. The van der Waals surface area contributed by atoms with Crippen molar-refractivity contribution < 1.29 is 0 Å². The lowest BCUT2D eigenvalue weighted by Gasteiger charge is -2.36. The van der Waals surface area contributed by atoms with Gasteiger partial charge >= 0.3 is 0 Å². The van der Waals surface area contributed by atoms with Crippen molar-refractivity contribution in [1.29, 1.82) is 0 Å². The minimum Gasteiger partial charge on any atom is -0.396 e. The maximum Gasteiger partial charge on any atom is 0.151 e. The van der Waals surface area contributed by atoms with E-state index in [1.54, 1.807) is 6.20 Å². The van der Waals surface area contributed by atoms with Gasteiger partial charge in [0.15, 0.2) is 5.82 Å². The van der Waals surface area contributed by atoms with Crippen LogP contribution in [0.4, 0.5) is 17.3 Å². The normalized spacial score (nSPS) is 15.3. The highest BCUT2D eigenvalue weighted by Gasteiger charge is 2.21. The first kappa shape index (κ1) is 14.6. The highest BCUT2D eigenvalue weighted by atomic mass is 79.9. The van der Waals surface area contributed by atoms with Gasteiger partial charge in [-0.15, -0.1) is 0 Å². The molecule has 0 unspecified atom stereocenters. The maximum absolute atomic E-state index is 6.00. The summed E-state index contributed by atoms with van der Waals surface area (Å²) in [5.74, 6) is 1.85. The highest BCUT2D eigenvalue weighted by Crippen LogP contribution is 2.28. The summed E-state index contributed by atoms with van der Waals surface area (Å²) in [7, 11) is 0. The molecule has 21 heavy (non-hydrogen) atoms. The molecule has 1 saturated heterocycles. The molecule has 0 aromatic carbocycles. The van der Waals surface area contributed by atoms with Crippen LogP contribution in [0.5, 0.6) is 0 Å². The van der Waals surface area contributed by atoms with Crippen molar-refractivity contribution in [3.63, 3.8) is 0 Å². The molecule has 3 rings (SSSR count). The van der Waals surface area contributed by atoms with Crippen LogP contribution in [0.25, 0.3) is 0 Å². The van der Waals surface area contributed by atoms with Gasteiger partial charge in [0.25, 0.3) is 0 Å². The number of anilines is 3. The molecule has 0 aliphatic carbocycles. The van der Waals surface area contributed by atoms with Gasteiger partial charge in [-0.05, 0) is 50.1 Å². The number of hydrogen-bond donors (Lipinski definition) is 1. The van der Waals surface area contributed by atoms with Crippen LogP contribution in [0.15, 0.2) is 39.5 Å². The average Bonchev–Trinajstić information content (AvgIpc) is 2.48. The first-order chi connectivity index (χ1) is 10.1. The summed E-state index contributed by atoms with van der Waals surface area (Å²) in [5.41, 5.74) is 6.73. The number of piperazine rings is 1. The molecule has 1 fully saturated rings. The van der Waals surface area contributed by atoms with E-state index in [0.29, 0.717) is 0 Å². The molecule has 0 saturated carbocycles. The topological polar surface area (TPSA) is 58.3 Å². The number of nitrogens with zero attached hydrogens (tertiary/aromatic N) is 4. The quantitative estimate of drug-likeness (QED) is 0.821. The summed E-state index contributed by atoms with van der Waals surface area (Å²) in [6.07, 6.45) is 3.61. The van der Waals surface area contributed by atoms with E-state index >= 15 is 0 Å². The SMILES string of the molecule is Nc1cccnc1N1CCN(c2ncc(Br)cc2Br)CC1. The van der Waals surface area contributed by atoms with E-state index in [1.807, 2.05) is 24.4 Å². The van der Waals surface area contributed by atoms with E-state index < -0.39 is 0 Å². The lowest BCUT2D eigenvalue weighted by atomic mass is 10.2. The zero-order valence-electron chi connectivity index (χ0n) is 11.3. The zero-order chi connectivity index (χ0) is 14.8. The van der Waals surface area contributed by atoms with Gasteiger partial charge in [0.05, 0.1) is 10.2 Å². The molecule has 2 aromatic rings. The molecule has 3 heterocycles. The Labute approximate surface area is 140 Å². The van der Waals surface area contributed by atoms with E-state index in [4.69, 9.17) is 5.73 Å². The largest absolute Gasteiger partial charge is 0.396 e. The minimum atomic E-state index is 0.730. The van der Waals surface area contributed by atoms with Crippen molar-refractivity contribution in [3.05, 3.63) is 39.5 Å².